The van der Waals surface area contributed by atoms with Crippen LogP contribution in [0.2, 0.25) is 0 Å². The molecular formula is C16H18F16O6S. The molecule has 0 bridgehead atoms. The van der Waals surface area contributed by atoms with E-state index < -0.39 is 78.1 Å². The maximum Gasteiger partial charge on any atom is 0.460 e. The molecule has 2 atom stereocenters. The summed E-state index contributed by atoms with van der Waals surface area (Å²) in [5, 5.41) is 0. The molecule has 0 aliphatic carbocycles. The molecule has 0 saturated carbocycles. The maximum atomic E-state index is 13.7. The molecule has 0 fully saturated rings. The molecule has 1 unspecified atom stereocenters. The lowest BCUT2D eigenvalue weighted by Gasteiger charge is -2.36. The van der Waals surface area contributed by atoms with Gasteiger partial charge in [0.25, 0.3) is 10.1 Å². The van der Waals surface area contributed by atoms with Crippen molar-refractivity contribution in [1.29, 1.82) is 0 Å². The van der Waals surface area contributed by atoms with Crippen molar-refractivity contribution in [3.63, 3.8) is 0 Å². The Balaban J connectivity index is 5.66. The van der Waals surface area contributed by atoms with Gasteiger partial charge in [-0.2, -0.15) is 74.3 Å². The number of hydrogen-bond donors (Lipinski definition) is 0. The largest absolute Gasteiger partial charge is 0.460 e. The molecule has 0 heterocycles. The molecule has 0 aliphatic rings. The molecule has 0 N–H and O–H groups in total. The second kappa shape index (κ2) is 12.3. The average Bonchev–Trinajstić information content (AvgIpc) is 2.65. The van der Waals surface area contributed by atoms with Crippen LogP contribution in [0.1, 0.15) is 32.6 Å². The molecule has 0 amide bonds. The minimum absolute atomic E-state index is 0.0363. The normalized spacial score (nSPS) is 16.9. The van der Waals surface area contributed by atoms with E-state index >= 15 is 0 Å². The van der Waals surface area contributed by atoms with Crippen molar-refractivity contribution in [2.45, 2.75) is 87.5 Å². The van der Waals surface area contributed by atoms with Gasteiger partial charge in [0.15, 0.2) is 6.29 Å². The number of unbranched alkanes of at least 4 members (excludes halogenated alkanes) is 1. The van der Waals surface area contributed by atoms with Crippen molar-refractivity contribution in [3.05, 3.63) is 0 Å². The zero-order valence-electron chi connectivity index (χ0n) is 19.1. The van der Waals surface area contributed by atoms with E-state index in [1.165, 1.54) is 4.74 Å². The second-order valence-electron chi connectivity index (χ2n) is 7.64. The van der Waals surface area contributed by atoms with Crippen LogP contribution in [0, 0.1) is 0 Å². The van der Waals surface area contributed by atoms with Crippen LogP contribution in [0.15, 0.2) is 0 Å². The van der Waals surface area contributed by atoms with Gasteiger partial charge >= 0.3 is 42.5 Å². The number of alkyl halides is 16. The van der Waals surface area contributed by atoms with E-state index in [9.17, 15) is 78.7 Å². The average molecular weight is 642 g/mol. The Morgan fingerprint density at radius 3 is 1.51 bits per heavy atom. The highest BCUT2D eigenvalue weighted by molar-refractivity contribution is 7.86. The first-order valence-electron chi connectivity index (χ1n) is 9.79. The molecule has 0 aromatic heterocycles. The topological polar surface area (TPSA) is 71.1 Å². The van der Waals surface area contributed by atoms with Gasteiger partial charge in [0.05, 0.1) is 12.4 Å². The number of rotatable bonds is 17. The van der Waals surface area contributed by atoms with Gasteiger partial charge in [-0.25, -0.2) is 18.0 Å². The molecule has 0 aromatic carbocycles. The van der Waals surface area contributed by atoms with Crippen molar-refractivity contribution in [2.75, 3.05) is 12.9 Å². The van der Waals surface area contributed by atoms with Gasteiger partial charge in [-0.05, 0) is 26.2 Å². The lowest BCUT2D eigenvalue weighted by atomic mass is 10.1. The summed E-state index contributed by atoms with van der Waals surface area (Å²) in [7, 11) is -4.53. The molecule has 0 aromatic rings. The molecular weight excluding hydrogens is 624 g/mol. The maximum absolute atomic E-state index is 13.7. The van der Waals surface area contributed by atoms with Crippen LogP contribution in [0.25, 0.3) is 0 Å². The summed E-state index contributed by atoms with van der Waals surface area (Å²) in [5.41, 5.74) is 0. The third-order valence-corrected chi connectivity index (χ3v) is 4.56. The molecule has 0 spiro atoms. The molecule has 236 valence electrons. The molecule has 0 saturated heterocycles. The third-order valence-electron chi connectivity index (χ3n) is 4.00. The Labute approximate surface area is 208 Å². The summed E-state index contributed by atoms with van der Waals surface area (Å²) in [5.74, 6) is -15.8. The SMILES string of the molecule is C[C@@H](F)CCCCC(OCC(F)(F)OC(F)(F)C(F)(F)OC(F)(F)C(F)(F)C(F)(F)C(F)(F)F)OS(C)(=O)=O. The Hall–Kier alpha value is -1.33. The van der Waals surface area contributed by atoms with E-state index in [0.717, 1.165) is 6.92 Å². The van der Waals surface area contributed by atoms with Crippen molar-refractivity contribution in [2.24, 2.45) is 0 Å². The lowest BCUT2D eigenvalue weighted by molar-refractivity contribution is -0.543. The standard InChI is InChI=1S/C16H18F16O6S/c1-8(17)5-3-4-6-9(36-39(2,33)34)35-7-10(18,19)37-15(29,30)16(31,32)38-14(27,28)12(22,23)11(20,21)13(24,25)26/h8-9H,3-7H2,1-2H3/t8-,9?/m1/s1. The highest BCUT2D eigenvalue weighted by Crippen LogP contribution is 2.55. The first-order chi connectivity index (χ1) is 16.9. The van der Waals surface area contributed by atoms with Gasteiger partial charge in [-0.3, -0.25) is 0 Å². The predicted molar refractivity (Wildman–Crippen MR) is 92.6 cm³/mol. The fourth-order valence-electron chi connectivity index (χ4n) is 2.20. The third kappa shape index (κ3) is 10.5. The van der Waals surface area contributed by atoms with Gasteiger partial charge in [-0.1, -0.05) is 6.42 Å². The highest BCUT2D eigenvalue weighted by atomic mass is 32.2. The van der Waals surface area contributed by atoms with Crippen LogP contribution in [-0.2, 0) is 28.5 Å². The quantitative estimate of drug-likeness (QED) is 0.0786. The Morgan fingerprint density at radius 2 is 1.10 bits per heavy atom. The summed E-state index contributed by atoms with van der Waals surface area (Å²) >= 11 is 0. The van der Waals surface area contributed by atoms with E-state index in [1.54, 1.807) is 0 Å². The molecule has 23 heteroatoms. The monoisotopic (exact) mass is 642 g/mol. The van der Waals surface area contributed by atoms with Gasteiger partial charge in [-0.15, -0.1) is 0 Å². The summed E-state index contributed by atoms with van der Waals surface area (Å²) in [6.45, 7) is -1.53. The summed E-state index contributed by atoms with van der Waals surface area (Å²) in [6, 6.07) is 0. The van der Waals surface area contributed by atoms with Crippen LogP contribution >= 0.6 is 0 Å². The zero-order valence-corrected chi connectivity index (χ0v) is 19.9. The molecule has 0 aliphatic heterocycles. The van der Waals surface area contributed by atoms with Crippen LogP contribution in [0.4, 0.5) is 70.2 Å². The number of hydrogen-bond acceptors (Lipinski definition) is 6. The Morgan fingerprint density at radius 1 is 0.667 bits per heavy atom. The van der Waals surface area contributed by atoms with Crippen LogP contribution in [0.3, 0.4) is 0 Å². The minimum atomic E-state index is -7.99. The van der Waals surface area contributed by atoms with E-state index in [0.29, 0.717) is 6.26 Å². The fraction of sp³-hybridized carbons (Fsp3) is 1.00. The number of halogens is 16. The molecule has 0 rings (SSSR count). The van der Waals surface area contributed by atoms with E-state index in [-0.39, 0.29) is 19.3 Å². The van der Waals surface area contributed by atoms with E-state index in [4.69, 9.17) is 0 Å². The van der Waals surface area contributed by atoms with E-state index in [1.807, 2.05) is 0 Å². The first kappa shape index (κ1) is 37.7. The van der Waals surface area contributed by atoms with Crippen molar-refractivity contribution in [1.82, 2.24) is 0 Å². The smallest absolute Gasteiger partial charge is 0.342 e. The highest BCUT2D eigenvalue weighted by Gasteiger charge is 2.85. The van der Waals surface area contributed by atoms with Crippen LogP contribution in [0.5, 0.6) is 0 Å². The van der Waals surface area contributed by atoms with Crippen molar-refractivity contribution < 1.29 is 97.1 Å². The van der Waals surface area contributed by atoms with Crippen molar-refractivity contribution in [3.8, 4) is 0 Å². The van der Waals surface area contributed by atoms with Crippen LogP contribution < -0.4 is 0 Å². The van der Waals surface area contributed by atoms with Gasteiger partial charge < -0.3 is 4.74 Å². The molecule has 0 radical (unpaired) electrons. The first-order valence-corrected chi connectivity index (χ1v) is 11.6. The summed E-state index contributed by atoms with van der Waals surface area (Å²) < 4.78 is 242. The minimum Gasteiger partial charge on any atom is -0.342 e. The lowest BCUT2D eigenvalue weighted by Crippen LogP contribution is -2.64. The van der Waals surface area contributed by atoms with Crippen LogP contribution in [-0.4, -0.2) is 76.2 Å². The Kier molecular flexibility index (Phi) is 11.8. The summed E-state index contributed by atoms with van der Waals surface area (Å²) in [4.78, 5) is 0. The van der Waals surface area contributed by atoms with Gasteiger partial charge in [0, 0.05) is 0 Å². The summed E-state index contributed by atoms with van der Waals surface area (Å²) in [6.07, 6.45) is -40.0. The van der Waals surface area contributed by atoms with Gasteiger partial charge in [0.1, 0.15) is 6.61 Å². The molecule has 6 nitrogen and oxygen atoms in total. The Bertz CT molecular complexity index is 890. The van der Waals surface area contributed by atoms with E-state index in [2.05, 4.69) is 13.7 Å². The second-order valence-corrected chi connectivity index (χ2v) is 9.25. The molecule has 39 heavy (non-hydrogen) atoms. The fourth-order valence-corrected chi connectivity index (χ4v) is 2.74. The number of ether oxygens (including phenoxy) is 3. The van der Waals surface area contributed by atoms with Crippen molar-refractivity contribution >= 4 is 10.1 Å². The predicted octanol–water partition coefficient (Wildman–Crippen LogP) is 6.46. The zero-order chi connectivity index (χ0) is 31.5. The van der Waals surface area contributed by atoms with Gasteiger partial charge in [0.2, 0.25) is 0 Å².